The number of aromatic nitrogens is 3. The van der Waals surface area contributed by atoms with Crippen molar-refractivity contribution in [2.24, 2.45) is 0 Å². The lowest BCUT2D eigenvalue weighted by atomic mass is 10.1. The van der Waals surface area contributed by atoms with Gasteiger partial charge < -0.3 is 0 Å². The van der Waals surface area contributed by atoms with Gasteiger partial charge in [-0.15, -0.1) is 0 Å². The Hall–Kier alpha value is -2.82. The first kappa shape index (κ1) is 14.1. The summed E-state index contributed by atoms with van der Waals surface area (Å²) in [4.78, 5) is 24.6. The number of hydrogen-bond donors (Lipinski definition) is 1. The summed E-state index contributed by atoms with van der Waals surface area (Å²) < 4.78 is 2.50. The fraction of sp³-hybridized carbons (Fsp3) is 0.176. The number of H-pyrrole nitrogens is 1. The Balaban J connectivity index is 2.04. The highest BCUT2D eigenvalue weighted by Gasteiger charge is 2.12. The van der Waals surface area contributed by atoms with Crippen molar-refractivity contribution in [3.63, 3.8) is 0 Å². The van der Waals surface area contributed by atoms with Gasteiger partial charge in [0.2, 0.25) is 0 Å². The molecular weight excluding hydrogens is 278 g/mol. The van der Waals surface area contributed by atoms with E-state index in [1.807, 2.05) is 62.4 Å². The van der Waals surface area contributed by atoms with Crippen LogP contribution < -0.4 is 11.4 Å². The second-order valence-corrected chi connectivity index (χ2v) is 5.39. The van der Waals surface area contributed by atoms with Crippen LogP contribution in [0.15, 0.2) is 58.1 Å². The van der Waals surface area contributed by atoms with E-state index in [9.17, 15) is 9.59 Å². The number of aromatic amines is 1. The second-order valence-electron chi connectivity index (χ2n) is 5.39. The summed E-state index contributed by atoms with van der Waals surface area (Å²) in [6.07, 6.45) is 0. The van der Waals surface area contributed by atoms with E-state index in [-0.39, 0.29) is 12.2 Å². The second kappa shape index (κ2) is 5.52. The quantitative estimate of drug-likeness (QED) is 0.803. The lowest BCUT2D eigenvalue weighted by molar-refractivity contribution is 0.722. The molecule has 5 nitrogen and oxygen atoms in total. The van der Waals surface area contributed by atoms with Crippen LogP contribution in [-0.4, -0.2) is 14.3 Å². The number of nitrogens with zero attached hydrogens (tertiary/aromatic N) is 2. The van der Waals surface area contributed by atoms with Gasteiger partial charge >= 0.3 is 11.4 Å². The van der Waals surface area contributed by atoms with Crippen molar-refractivity contribution < 1.29 is 0 Å². The number of para-hydroxylation sites is 1. The van der Waals surface area contributed by atoms with E-state index in [0.717, 1.165) is 16.7 Å². The first-order valence-electron chi connectivity index (χ1n) is 7.09. The average molecular weight is 295 g/mol. The monoisotopic (exact) mass is 295 g/mol. The Bertz CT molecular complexity index is 914. The Morgan fingerprint density at radius 3 is 2.32 bits per heavy atom. The van der Waals surface area contributed by atoms with Crippen LogP contribution in [0, 0.1) is 13.8 Å². The molecule has 0 aliphatic rings. The van der Waals surface area contributed by atoms with Crippen molar-refractivity contribution in [1.82, 2.24) is 14.3 Å². The minimum Gasteiger partial charge on any atom is -0.246 e. The zero-order chi connectivity index (χ0) is 15.7. The van der Waals surface area contributed by atoms with E-state index in [1.165, 1.54) is 9.25 Å². The first-order chi connectivity index (χ1) is 10.6. The molecule has 3 rings (SSSR count). The summed E-state index contributed by atoms with van der Waals surface area (Å²) in [7, 11) is 0. The van der Waals surface area contributed by atoms with Crippen LogP contribution in [0.1, 0.15) is 16.7 Å². The normalized spacial score (nSPS) is 10.8. The number of hydrogen-bond acceptors (Lipinski definition) is 2. The average Bonchev–Trinajstić information content (AvgIpc) is 2.78. The highest BCUT2D eigenvalue weighted by molar-refractivity contribution is 5.38. The van der Waals surface area contributed by atoms with E-state index in [1.54, 1.807) is 0 Å². The van der Waals surface area contributed by atoms with Crippen molar-refractivity contribution in [2.45, 2.75) is 20.4 Å². The third-order valence-corrected chi connectivity index (χ3v) is 3.69. The molecule has 0 saturated heterocycles. The van der Waals surface area contributed by atoms with Crippen molar-refractivity contribution in [2.75, 3.05) is 0 Å². The molecule has 0 spiro atoms. The molecule has 0 aliphatic carbocycles. The molecule has 1 heterocycles. The molecule has 0 saturated carbocycles. The van der Waals surface area contributed by atoms with E-state index < -0.39 is 5.69 Å². The zero-order valence-electron chi connectivity index (χ0n) is 12.5. The lowest BCUT2D eigenvalue weighted by Gasteiger charge is -2.04. The molecule has 3 aromatic rings. The smallest absolute Gasteiger partial charge is 0.246 e. The maximum Gasteiger partial charge on any atom is 0.352 e. The number of benzene rings is 2. The van der Waals surface area contributed by atoms with Crippen LogP contribution in [-0.2, 0) is 6.54 Å². The Morgan fingerprint density at radius 1 is 0.955 bits per heavy atom. The predicted molar refractivity (Wildman–Crippen MR) is 85.7 cm³/mol. The molecule has 0 atom stereocenters. The van der Waals surface area contributed by atoms with Gasteiger partial charge in [0, 0.05) is 0 Å². The SMILES string of the molecule is Cc1ccc(Cn2c(=O)[nH]n(-c3ccccc3C)c2=O)cc1. The van der Waals surface area contributed by atoms with Gasteiger partial charge in [-0.25, -0.2) is 23.9 Å². The van der Waals surface area contributed by atoms with Crippen LogP contribution in [0.3, 0.4) is 0 Å². The minimum atomic E-state index is -0.408. The van der Waals surface area contributed by atoms with Crippen molar-refractivity contribution in [3.05, 3.63) is 86.2 Å². The molecule has 0 bridgehead atoms. The van der Waals surface area contributed by atoms with Crippen molar-refractivity contribution >= 4 is 0 Å². The first-order valence-corrected chi connectivity index (χ1v) is 7.09. The summed E-state index contributed by atoms with van der Waals surface area (Å²) >= 11 is 0. The summed E-state index contributed by atoms with van der Waals surface area (Å²) in [5.74, 6) is 0. The third-order valence-electron chi connectivity index (χ3n) is 3.69. The highest BCUT2D eigenvalue weighted by Crippen LogP contribution is 2.09. The van der Waals surface area contributed by atoms with Crippen LogP contribution in [0.25, 0.3) is 5.69 Å². The highest BCUT2D eigenvalue weighted by atomic mass is 16.2. The molecule has 112 valence electrons. The summed E-state index contributed by atoms with van der Waals surface area (Å²) in [6, 6.07) is 15.2. The molecule has 22 heavy (non-hydrogen) atoms. The molecule has 1 aromatic heterocycles. The Labute approximate surface area is 127 Å². The third kappa shape index (κ3) is 2.53. The van der Waals surface area contributed by atoms with E-state index in [2.05, 4.69) is 5.10 Å². The molecule has 0 radical (unpaired) electrons. The van der Waals surface area contributed by atoms with Crippen LogP contribution in [0.2, 0.25) is 0 Å². The van der Waals surface area contributed by atoms with E-state index in [0.29, 0.717) is 5.69 Å². The standard InChI is InChI=1S/C17H17N3O2/c1-12-7-9-14(10-8-12)11-19-16(21)18-20(17(19)22)15-6-4-3-5-13(15)2/h3-10H,11H2,1-2H3,(H,18,21). The minimum absolute atomic E-state index is 0.257. The van der Waals surface area contributed by atoms with Gasteiger partial charge in [0.15, 0.2) is 0 Å². The summed E-state index contributed by atoms with van der Waals surface area (Å²) in [5, 5.41) is 2.61. The van der Waals surface area contributed by atoms with Gasteiger partial charge in [-0.2, -0.15) is 0 Å². The molecule has 0 unspecified atom stereocenters. The van der Waals surface area contributed by atoms with Crippen molar-refractivity contribution in [3.8, 4) is 5.69 Å². The number of nitrogens with one attached hydrogen (secondary N) is 1. The van der Waals surface area contributed by atoms with Crippen LogP contribution >= 0.6 is 0 Å². The fourth-order valence-electron chi connectivity index (χ4n) is 2.40. The summed E-state index contributed by atoms with van der Waals surface area (Å²) in [5.41, 5.74) is 2.90. The molecular formula is C17H17N3O2. The number of aryl methyl sites for hydroxylation is 2. The fourth-order valence-corrected chi connectivity index (χ4v) is 2.40. The zero-order valence-corrected chi connectivity index (χ0v) is 12.5. The van der Waals surface area contributed by atoms with E-state index >= 15 is 0 Å². The van der Waals surface area contributed by atoms with Crippen LogP contribution in [0.5, 0.6) is 0 Å². The van der Waals surface area contributed by atoms with Crippen molar-refractivity contribution in [1.29, 1.82) is 0 Å². The van der Waals surface area contributed by atoms with Gasteiger partial charge in [0.1, 0.15) is 0 Å². The molecule has 0 amide bonds. The van der Waals surface area contributed by atoms with Gasteiger partial charge in [-0.3, -0.25) is 0 Å². The molecule has 2 aromatic carbocycles. The topological polar surface area (TPSA) is 59.8 Å². The van der Waals surface area contributed by atoms with E-state index in [4.69, 9.17) is 0 Å². The molecule has 1 N–H and O–H groups in total. The van der Waals surface area contributed by atoms with Gasteiger partial charge in [0.25, 0.3) is 0 Å². The maximum absolute atomic E-state index is 12.5. The largest absolute Gasteiger partial charge is 0.352 e. The van der Waals surface area contributed by atoms with Gasteiger partial charge in [-0.05, 0) is 31.0 Å². The molecule has 0 fully saturated rings. The maximum atomic E-state index is 12.5. The van der Waals surface area contributed by atoms with Gasteiger partial charge in [-0.1, -0.05) is 48.0 Å². The molecule has 5 heteroatoms. The Morgan fingerprint density at radius 2 is 1.64 bits per heavy atom. The van der Waals surface area contributed by atoms with Crippen LogP contribution in [0.4, 0.5) is 0 Å². The van der Waals surface area contributed by atoms with Gasteiger partial charge in [0.05, 0.1) is 12.2 Å². The number of rotatable bonds is 3. The Kier molecular flexibility index (Phi) is 3.55. The molecule has 0 aliphatic heterocycles. The predicted octanol–water partition coefficient (Wildman–Crippen LogP) is 1.99. The lowest BCUT2D eigenvalue weighted by Crippen LogP contribution is -2.29. The summed E-state index contributed by atoms with van der Waals surface area (Å²) in [6.45, 7) is 4.15.